The molecule has 2 aromatic rings. The molecule has 0 spiro atoms. The highest BCUT2D eigenvalue weighted by molar-refractivity contribution is 7.90. The summed E-state index contributed by atoms with van der Waals surface area (Å²) in [6.07, 6.45) is 3.27. The zero-order valence-electron chi connectivity index (χ0n) is 16.1. The van der Waals surface area contributed by atoms with Gasteiger partial charge in [0.15, 0.2) is 5.78 Å². The van der Waals surface area contributed by atoms with Crippen LogP contribution < -0.4 is 5.32 Å². The zero-order valence-corrected chi connectivity index (χ0v) is 16.9. The number of anilines is 1. The van der Waals surface area contributed by atoms with E-state index in [1.807, 2.05) is 0 Å². The number of nitrogens with zero attached hydrogens (tertiary/aromatic N) is 1. The molecule has 2 amide bonds. The number of hydrogen-bond donors (Lipinski definition) is 1. The van der Waals surface area contributed by atoms with Crippen LogP contribution in [0.4, 0.5) is 5.69 Å². The Balaban J connectivity index is 1.66. The number of carbonyl (C=O) groups is 3. The first-order valence-corrected chi connectivity index (χ1v) is 10.9. The normalized spacial score (nSPS) is 14.5. The van der Waals surface area contributed by atoms with Gasteiger partial charge in [0, 0.05) is 17.7 Å². The number of fused-ring (bicyclic) bond motifs is 1. The Bertz CT molecular complexity index is 1040. The molecule has 152 valence electrons. The molecule has 0 atom stereocenters. The minimum absolute atomic E-state index is 0.0708. The summed E-state index contributed by atoms with van der Waals surface area (Å²) in [5, 5.41) is 2.76. The maximum atomic E-state index is 12.6. The summed E-state index contributed by atoms with van der Waals surface area (Å²) in [7, 11) is -4.03. The first-order chi connectivity index (χ1) is 13.8. The fourth-order valence-electron chi connectivity index (χ4n) is 3.11. The summed E-state index contributed by atoms with van der Waals surface area (Å²) in [5.41, 5.74) is 0.884. The van der Waals surface area contributed by atoms with Crippen LogP contribution >= 0.6 is 0 Å². The van der Waals surface area contributed by atoms with Crippen LogP contribution in [-0.2, 0) is 14.8 Å². The van der Waals surface area contributed by atoms with E-state index >= 15 is 0 Å². The van der Waals surface area contributed by atoms with Crippen LogP contribution in [0.1, 0.15) is 53.3 Å². The Morgan fingerprint density at radius 3 is 2.34 bits per heavy atom. The number of ketones is 1. The van der Waals surface area contributed by atoms with Crippen molar-refractivity contribution < 1.29 is 22.8 Å². The molecule has 3 rings (SSSR count). The highest BCUT2D eigenvalue weighted by Crippen LogP contribution is 2.30. The molecule has 7 nitrogen and oxygen atoms in total. The van der Waals surface area contributed by atoms with Crippen LogP contribution in [0.25, 0.3) is 0 Å². The van der Waals surface area contributed by atoms with E-state index in [4.69, 9.17) is 0 Å². The number of nitrogens with one attached hydrogen (secondary N) is 1. The molecule has 29 heavy (non-hydrogen) atoms. The Morgan fingerprint density at radius 1 is 1.00 bits per heavy atom. The minimum Gasteiger partial charge on any atom is -0.326 e. The van der Waals surface area contributed by atoms with Crippen molar-refractivity contribution in [3.8, 4) is 0 Å². The summed E-state index contributed by atoms with van der Waals surface area (Å²) in [6.45, 7) is 1.49. The van der Waals surface area contributed by atoms with E-state index in [1.54, 1.807) is 18.2 Å². The van der Waals surface area contributed by atoms with E-state index in [2.05, 4.69) is 12.2 Å². The lowest BCUT2D eigenvalue weighted by molar-refractivity contribution is -0.116. The van der Waals surface area contributed by atoms with Gasteiger partial charge in [0.05, 0.1) is 5.56 Å². The second-order valence-electron chi connectivity index (χ2n) is 6.82. The highest BCUT2D eigenvalue weighted by atomic mass is 32.2. The highest BCUT2D eigenvalue weighted by Gasteiger charge is 2.41. The van der Waals surface area contributed by atoms with E-state index < -0.39 is 28.3 Å². The third-order valence-corrected chi connectivity index (χ3v) is 6.48. The molecule has 0 bridgehead atoms. The van der Waals surface area contributed by atoms with Gasteiger partial charge >= 0.3 is 0 Å². The van der Waals surface area contributed by atoms with Crippen LogP contribution in [0.2, 0.25) is 0 Å². The van der Waals surface area contributed by atoms with Gasteiger partial charge in [-0.2, -0.15) is 0 Å². The van der Waals surface area contributed by atoms with Crippen LogP contribution in [0.3, 0.4) is 0 Å². The predicted octanol–water partition coefficient (Wildman–Crippen LogP) is 3.23. The molecule has 1 heterocycles. The monoisotopic (exact) mass is 414 g/mol. The average Bonchev–Trinajstić information content (AvgIpc) is 2.90. The molecule has 1 aliphatic heterocycles. The van der Waals surface area contributed by atoms with E-state index in [0.29, 0.717) is 16.4 Å². The molecule has 0 radical (unpaired) electrons. The lowest BCUT2D eigenvalue weighted by Gasteiger charge is -2.14. The molecule has 2 aromatic carbocycles. The average molecular weight is 414 g/mol. The number of rotatable bonds is 8. The number of carbonyl (C=O) groups excluding carboxylic acids is 3. The Kier molecular flexibility index (Phi) is 6.12. The summed E-state index contributed by atoms with van der Waals surface area (Å²) < 4.78 is 25.7. The molecule has 8 heteroatoms. The van der Waals surface area contributed by atoms with Gasteiger partial charge in [-0.25, -0.2) is 12.7 Å². The van der Waals surface area contributed by atoms with E-state index in [-0.39, 0.29) is 21.9 Å². The molecule has 1 aliphatic rings. The van der Waals surface area contributed by atoms with Gasteiger partial charge < -0.3 is 5.32 Å². The maximum Gasteiger partial charge on any atom is 0.269 e. The van der Waals surface area contributed by atoms with Crippen LogP contribution in [0.15, 0.2) is 53.4 Å². The lowest BCUT2D eigenvalue weighted by atomic mass is 10.1. The first kappa shape index (κ1) is 20.7. The Hall–Kier alpha value is -3.00. The van der Waals surface area contributed by atoms with Gasteiger partial charge in [-0.3, -0.25) is 14.4 Å². The number of amides is 2. The largest absolute Gasteiger partial charge is 0.326 e. The Morgan fingerprint density at radius 2 is 1.69 bits per heavy atom. The van der Waals surface area contributed by atoms with Gasteiger partial charge in [-0.15, -0.1) is 0 Å². The van der Waals surface area contributed by atoms with Crippen molar-refractivity contribution in [3.05, 3.63) is 59.7 Å². The van der Waals surface area contributed by atoms with E-state index in [1.165, 1.54) is 30.3 Å². The van der Waals surface area contributed by atoms with Crippen molar-refractivity contribution in [3.63, 3.8) is 0 Å². The number of Topliss-reactive ketones (excluding diaryl/α,β-unsaturated/α-hetero) is 1. The summed E-state index contributed by atoms with van der Waals surface area (Å²) in [6, 6.07) is 12.1. The standard InChI is InChI=1S/C21H22N2O5S/c1-2-3-4-9-20(25)22-16-12-10-15(11-13-16)18(24)14-23-21(26)17-7-5-6-8-19(17)29(23,27)28/h5-8,10-13H,2-4,9,14H2,1H3,(H,22,25). The van der Waals surface area contributed by atoms with Crippen molar-refractivity contribution >= 4 is 33.3 Å². The fraction of sp³-hybridized carbons (Fsp3) is 0.286. The molecular formula is C21H22N2O5S. The number of unbranched alkanes of at least 4 members (excludes halogenated alkanes) is 2. The second kappa shape index (κ2) is 8.57. The second-order valence-corrected chi connectivity index (χ2v) is 8.65. The van der Waals surface area contributed by atoms with Gasteiger partial charge in [0.2, 0.25) is 5.91 Å². The third-order valence-electron chi connectivity index (χ3n) is 4.70. The SMILES string of the molecule is CCCCCC(=O)Nc1ccc(C(=O)CN2C(=O)c3ccccc3S2(=O)=O)cc1. The number of hydrogen-bond acceptors (Lipinski definition) is 5. The number of benzene rings is 2. The van der Waals surface area contributed by atoms with Gasteiger partial charge in [0.1, 0.15) is 11.4 Å². The molecule has 0 aromatic heterocycles. The minimum atomic E-state index is -4.03. The lowest BCUT2D eigenvalue weighted by Crippen LogP contribution is -2.35. The van der Waals surface area contributed by atoms with Gasteiger partial charge in [0.25, 0.3) is 15.9 Å². The zero-order chi connectivity index (χ0) is 21.0. The summed E-state index contributed by atoms with van der Waals surface area (Å²) in [4.78, 5) is 36.7. The quantitative estimate of drug-likeness (QED) is 0.528. The molecule has 1 N–H and O–H groups in total. The molecule has 0 saturated carbocycles. The van der Waals surface area contributed by atoms with Gasteiger partial charge in [-0.05, 0) is 42.8 Å². The smallest absolute Gasteiger partial charge is 0.269 e. The van der Waals surface area contributed by atoms with E-state index in [9.17, 15) is 22.8 Å². The molecule has 0 unspecified atom stereocenters. The fourth-order valence-corrected chi connectivity index (χ4v) is 4.63. The third kappa shape index (κ3) is 4.37. The van der Waals surface area contributed by atoms with Crippen LogP contribution in [0.5, 0.6) is 0 Å². The van der Waals surface area contributed by atoms with Crippen molar-refractivity contribution in [2.24, 2.45) is 0 Å². The molecular weight excluding hydrogens is 392 g/mol. The van der Waals surface area contributed by atoms with Gasteiger partial charge in [-0.1, -0.05) is 31.9 Å². The van der Waals surface area contributed by atoms with Crippen LogP contribution in [-0.4, -0.2) is 36.9 Å². The molecule has 0 fully saturated rings. The first-order valence-electron chi connectivity index (χ1n) is 9.44. The number of sulfonamides is 1. The topological polar surface area (TPSA) is 101 Å². The summed E-state index contributed by atoms with van der Waals surface area (Å²) >= 11 is 0. The molecule has 0 saturated heterocycles. The maximum absolute atomic E-state index is 12.6. The Labute approximate surface area is 169 Å². The summed E-state index contributed by atoms with van der Waals surface area (Å²) in [5.74, 6) is -1.30. The van der Waals surface area contributed by atoms with Crippen molar-refractivity contribution in [1.29, 1.82) is 0 Å². The predicted molar refractivity (Wildman–Crippen MR) is 108 cm³/mol. The van der Waals surface area contributed by atoms with Crippen molar-refractivity contribution in [1.82, 2.24) is 4.31 Å². The molecule has 0 aliphatic carbocycles. The van der Waals surface area contributed by atoms with Crippen LogP contribution in [0, 0.1) is 0 Å². The van der Waals surface area contributed by atoms with E-state index in [0.717, 1.165) is 19.3 Å². The van der Waals surface area contributed by atoms with Crippen molar-refractivity contribution in [2.45, 2.75) is 37.5 Å². The van der Waals surface area contributed by atoms with Crippen molar-refractivity contribution in [2.75, 3.05) is 11.9 Å².